The zero-order valence-corrected chi connectivity index (χ0v) is 13.7. The topological polar surface area (TPSA) is 85.1 Å². The average molecular weight is 362 g/mol. The smallest absolute Gasteiger partial charge is 0.329 e. The molecule has 1 heterocycles. The fourth-order valence-electron chi connectivity index (χ4n) is 1.76. The van der Waals surface area contributed by atoms with Crippen molar-refractivity contribution in [1.82, 2.24) is 9.71 Å². The van der Waals surface area contributed by atoms with Crippen LogP contribution in [0.2, 0.25) is 0 Å². The third kappa shape index (κ3) is 6.07. The Morgan fingerprint density at radius 3 is 2.27 bits per heavy atom. The molecule has 3 N–H and O–H groups in total. The molecule has 0 radical (unpaired) electrons. The van der Waals surface area contributed by atoms with Gasteiger partial charge in [0, 0.05) is 18.8 Å². The van der Waals surface area contributed by atoms with Gasteiger partial charge in [0.05, 0.1) is 0 Å². The number of sulfonamides is 1. The van der Waals surface area contributed by atoms with Crippen LogP contribution in [0.1, 0.15) is 26.0 Å². The summed E-state index contributed by atoms with van der Waals surface area (Å²) in [6, 6.07) is 1.03. The first-order chi connectivity index (χ1) is 9.56. The molecule has 1 atom stereocenters. The summed E-state index contributed by atoms with van der Waals surface area (Å²) in [4.78, 5) is 2.81. The second-order valence-electron chi connectivity index (χ2n) is 5.06. The molecule has 1 aromatic rings. The maximum absolute atomic E-state index is 12.4. The summed E-state index contributed by atoms with van der Waals surface area (Å²) in [5.41, 5.74) is 4.36. The van der Waals surface area contributed by atoms with Crippen molar-refractivity contribution in [2.24, 2.45) is 11.7 Å². The van der Waals surface area contributed by atoms with Gasteiger partial charge in [-0.2, -0.15) is 13.2 Å². The predicted molar refractivity (Wildman–Crippen MR) is 79.1 cm³/mol. The van der Waals surface area contributed by atoms with E-state index in [1.54, 1.807) is 0 Å². The minimum absolute atomic E-state index is 0. The monoisotopic (exact) mass is 361 g/mol. The molecule has 0 saturated carbocycles. The number of aromatic nitrogens is 1. The molecule has 1 aromatic heterocycles. The highest BCUT2D eigenvalue weighted by molar-refractivity contribution is 7.89. The van der Waals surface area contributed by atoms with Crippen LogP contribution >= 0.6 is 12.4 Å². The van der Waals surface area contributed by atoms with Gasteiger partial charge in [-0.1, -0.05) is 13.8 Å². The number of rotatable bonds is 6. The van der Waals surface area contributed by atoms with Crippen LogP contribution in [0, 0.1) is 5.92 Å². The summed E-state index contributed by atoms with van der Waals surface area (Å²) in [6.07, 6.45) is -3.38. The molecule has 1 rings (SSSR count). The summed E-state index contributed by atoms with van der Waals surface area (Å²) in [7, 11) is -3.94. The number of nitrogens with two attached hydrogens (primary N) is 1. The normalized spacial score (nSPS) is 13.8. The van der Waals surface area contributed by atoms with Crippen molar-refractivity contribution in [3.8, 4) is 0 Å². The fourth-order valence-corrected chi connectivity index (χ4v) is 2.96. The van der Waals surface area contributed by atoms with Crippen molar-refractivity contribution in [1.29, 1.82) is 0 Å². The molecule has 128 valence electrons. The lowest BCUT2D eigenvalue weighted by atomic mass is 10.1. The highest BCUT2D eigenvalue weighted by atomic mass is 35.5. The van der Waals surface area contributed by atoms with Gasteiger partial charge in [-0.15, -0.1) is 12.4 Å². The highest BCUT2D eigenvalue weighted by Gasteiger charge is 2.32. The first-order valence-corrected chi connectivity index (χ1v) is 7.80. The number of hydrogen-bond acceptors (Lipinski definition) is 4. The zero-order chi connectivity index (χ0) is 16.3. The van der Waals surface area contributed by atoms with Crippen molar-refractivity contribution in [2.75, 3.05) is 6.54 Å². The Kier molecular flexibility index (Phi) is 7.76. The van der Waals surface area contributed by atoms with Crippen LogP contribution < -0.4 is 10.5 Å². The van der Waals surface area contributed by atoms with Crippen LogP contribution in [0.4, 0.5) is 13.2 Å². The van der Waals surface area contributed by atoms with E-state index in [-0.39, 0.29) is 29.8 Å². The molecule has 0 bridgehead atoms. The zero-order valence-electron chi connectivity index (χ0n) is 12.1. The lowest BCUT2D eigenvalue weighted by Crippen LogP contribution is -2.41. The third-order valence-electron chi connectivity index (χ3n) is 2.70. The SMILES string of the molecule is CC(C)CC(CN)NS(=O)(=O)c1ccc(C(F)(F)F)nc1.Cl. The summed E-state index contributed by atoms with van der Waals surface area (Å²) < 4.78 is 63.6. The first-order valence-electron chi connectivity index (χ1n) is 6.32. The number of halogens is 4. The summed E-state index contributed by atoms with van der Waals surface area (Å²) in [5.74, 6) is 0.229. The van der Waals surface area contributed by atoms with E-state index >= 15 is 0 Å². The Balaban J connectivity index is 0.00000441. The molecule has 0 aromatic carbocycles. The summed E-state index contributed by atoms with van der Waals surface area (Å²) in [5, 5.41) is 0. The maximum atomic E-state index is 12.4. The number of hydrogen-bond donors (Lipinski definition) is 2. The fraction of sp³-hybridized carbons (Fsp3) is 0.583. The van der Waals surface area contributed by atoms with Gasteiger partial charge in [-0.05, 0) is 24.5 Å². The highest BCUT2D eigenvalue weighted by Crippen LogP contribution is 2.27. The second-order valence-corrected chi connectivity index (χ2v) is 6.77. The van der Waals surface area contributed by atoms with Gasteiger partial charge >= 0.3 is 6.18 Å². The predicted octanol–water partition coefficient (Wildman–Crippen LogP) is 2.17. The molecule has 0 saturated heterocycles. The van der Waals surface area contributed by atoms with Gasteiger partial charge in [-0.3, -0.25) is 4.98 Å². The standard InChI is InChI=1S/C12H18F3N3O2S.ClH/c1-8(2)5-9(6-16)18-21(19,20)10-3-4-11(17-7-10)12(13,14)15;/h3-4,7-9,18H,5-6,16H2,1-2H3;1H. The van der Waals surface area contributed by atoms with Gasteiger partial charge in [-0.25, -0.2) is 13.1 Å². The molecular formula is C12H19ClF3N3O2S. The molecule has 0 aliphatic carbocycles. The van der Waals surface area contributed by atoms with Crippen molar-refractivity contribution >= 4 is 22.4 Å². The van der Waals surface area contributed by atoms with Crippen molar-refractivity contribution in [2.45, 2.75) is 37.4 Å². The molecule has 0 aliphatic rings. The Bertz CT molecular complexity index is 562. The van der Waals surface area contributed by atoms with E-state index < -0.39 is 27.9 Å². The maximum Gasteiger partial charge on any atom is 0.433 e. The largest absolute Gasteiger partial charge is 0.433 e. The number of nitrogens with zero attached hydrogens (tertiary/aromatic N) is 1. The lowest BCUT2D eigenvalue weighted by Gasteiger charge is -2.18. The molecule has 0 amide bonds. The van der Waals surface area contributed by atoms with E-state index in [1.807, 2.05) is 13.8 Å². The molecule has 5 nitrogen and oxygen atoms in total. The van der Waals surface area contributed by atoms with Crippen LogP contribution in [-0.4, -0.2) is 26.0 Å². The van der Waals surface area contributed by atoms with Gasteiger partial charge in [0.15, 0.2) is 0 Å². The Morgan fingerprint density at radius 1 is 1.32 bits per heavy atom. The van der Waals surface area contributed by atoms with Crippen LogP contribution in [0.25, 0.3) is 0 Å². The molecule has 10 heteroatoms. The number of pyridine rings is 1. The van der Waals surface area contributed by atoms with E-state index in [0.717, 1.165) is 6.07 Å². The van der Waals surface area contributed by atoms with Gasteiger partial charge < -0.3 is 5.73 Å². The summed E-state index contributed by atoms with van der Waals surface area (Å²) >= 11 is 0. The molecule has 22 heavy (non-hydrogen) atoms. The lowest BCUT2D eigenvalue weighted by molar-refractivity contribution is -0.141. The second kappa shape index (κ2) is 8.09. The first kappa shape index (κ1) is 21.1. The van der Waals surface area contributed by atoms with E-state index in [4.69, 9.17) is 5.73 Å². The molecule has 0 spiro atoms. The van der Waals surface area contributed by atoms with E-state index in [9.17, 15) is 21.6 Å². The minimum Gasteiger partial charge on any atom is -0.329 e. The molecular weight excluding hydrogens is 343 g/mol. The van der Waals surface area contributed by atoms with E-state index in [2.05, 4.69) is 9.71 Å². The van der Waals surface area contributed by atoms with Crippen molar-refractivity contribution in [3.05, 3.63) is 24.0 Å². The van der Waals surface area contributed by atoms with Crippen LogP contribution in [0.3, 0.4) is 0 Å². The van der Waals surface area contributed by atoms with E-state index in [0.29, 0.717) is 18.7 Å². The average Bonchev–Trinajstić information content (AvgIpc) is 2.36. The van der Waals surface area contributed by atoms with Crippen LogP contribution in [-0.2, 0) is 16.2 Å². The van der Waals surface area contributed by atoms with Crippen molar-refractivity contribution < 1.29 is 21.6 Å². The summed E-state index contributed by atoms with van der Waals surface area (Å²) in [6.45, 7) is 3.93. The quantitative estimate of drug-likeness (QED) is 0.813. The van der Waals surface area contributed by atoms with Crippen LogP contribution in [0.15, 0.2) is 23.2 Å². The third-order valence-corrected chi connectivity index (χ3v) is 4.21. The number of alkyl halides is 3. The molecule has 0 fully saturated rings. The Morgan fingerprint density at radius 2 is 1.91 bits per heavy atom. The van der Waals surface area contributed by atoms with Gasteiger partial charge in [0.2, 0.25) is 10.0 Å². The minimum atomic E-state index is -4.60. The van der Waals surface area contributed by atoms with Crippen LogP contribution in [0.5, 0.6) is 0 Å². The van der Waals surface area contributed by atoms with Crippen molar-refractivity contribution in [3.63, 3.8) is 0 Å². The van der Waals surface area contributed by atoms with Gasteiger partial charge in [0.25, 0.3) is 0 Å². The number of nitrogens with one attached hydrogen (secondary N) is 1. The Labute approximate surface area is 134 Å². The Hall–Kier alpha value is -0.900. The molecule has 1 unspecified atom stereocenters. The van der Waals surface area contributed by atoms with Gasteiger partial charge in [0.1, 0.15) is 10.6 Å². The molecule has 0 aliphatic heterocycles. The van der Waals surface area contributed by atoms with E-state index in [1.165, 1.54) is 0 Å².